The second-order valence-electron chi connectivity index (χ2n) is 9.83. The van der Waals surface area contributed by atoms with Crippen LogP contribution < -0.4 is 20.7 Å². The summed E-state index contributed by atoms with van der Waals surface area (Å²) < 4.78 is 0. The summed E-state index contributed by atoms with van der Waals surface area (Å²) in [6, 6.07) is 49.9. The van der Waals surface area contributed by atoms with Crippen LogP contribution >= 0.6 is 28.1 Å². The third kappa shape index (κ3) is 8.07. The first-order chi connectivity index (χ1) is 22.1. The van der Waals surface area contributed by atoms with Crippen molar-refractivity contribution in [2.24, 2.45) is 4.99 Å². The number of pyridine rings is 1. The van der Waals surface area contributed by atoms with Gasteiger partial charge in [-0.2, -0.15) is 5.26 Å². The van der Waals surface area contributed by atoms with Crippen molar-refractivity contribution in [3.63, 3.8) is 0 Å². The Morgan fingerprint density at radius 2 is 1.24 bits per heavy atom. The maximum atomic E-state index is 12.2. The van der Waals surface area contributed by atoms with Gasteiger partial charge in [-0.1, -0.05) is 127 Å². The molecule has 0 fully saturated rings. The van der Waals surface area contributed by atoms with Crippen molar-refractivity contribution in [3.05, 3.63) is 157 Å². The van der Waals surface area contributed by atoms with Gasteiger partial charge in [-0.25, -0.2) is 0 Å². The molecule has 8 heteroatoms. The van der Waals surface area contributed by atoms with E-state index in [1.807, 2.05) is 30.5 Å². The number of aliphatic imine (C=N–C) groups is 1. The molecule has 5 aromatic carbocycles. The van der Waals surface area contributed by atoms with Gasteiger partial charge in [0.25, 0.3) is 0 Å². The molecule has 6 rings (SSSR count). The molecule has 0 bridgehead atoms. The minimum atomic E-state index is -2.92. The number of hydrogen-bond acceptors (Lipinski definition) is 4. The van der Waals surface area contributed by atoms with E-state index in [1.54, 1.807) is 12.3 Å². The van der Waals surface area contributed by atoms with E-state index in [1.165, 1.54) is 22.5 Å². The number of hydrogen-bond donors (Lipinski definition) is 1. The number of rotatable bonds is 7. The summed E-state index contributed by atoms with van der Waals surface area (Å²) in [6.07, 6.45) is 3.59. The summed E-state index contributed by atoms with van der Waals surface area (Å²) in [7, 11) is -2.92. The second kappa shape index (κ2) is 17.6. The first-order valence-corrected chi connectivity index (χ1v) is 22.4. The second-order valence-corrected chi connectivity index (χ2v) is 20.0. The first-order valence-electron chi connectivity index (χ1n) is 14.1. The van der Waals surface area contributed by atoms with Gasteiger partial charge in [0.1, 0.15) is 5.75 Å². The quantitative estimate of drug-likeness (QED) is 0.107. The number of halogens is 2. The van der Waals surface area contributed by atoms with Crippen LogP contribution in [-0.2, 0) is 18.1 Å². The van der Waals surface area contributed by atoms with E-state index in [0.29, 0.717) is 18.1 Å². The number of aromatic hydroxyl groups is 1. The number of phenols is 1. The van der Waals surface area contributed by atoms with Crippen LogP contribution in [-0.4, -0.2) is 24.4 Å². The Morgan fingerprint density at radius 3 is 1.73 bits per heavy atom. The van der Waals surface area contributed by atoms with Gasteiger partial charge in [0.15, 0.2) is 8.07 Å². The minimum absolute atomic E-state index is 0.279. The van der Waals surface area contributed by atoms with Crippen LogP contribution in [0, 0.1) is 11.3 Å². The molecule has 0 unspecified atom stereocenters. The van der Waals surface area contributed by atoms with Crippen LogP contribution in [0.1, 0.15) is 18.2 Å². The molecule has 4 nitrogen and oxygen atoms in total. The normalized spacial score (nSPS) is 10.7. The first kappa shape index (κ1) is 34.1. The summed E-state index contributed by atoms with van der Waals surface area (Å²) in [5.74, 6) is 0.279. The molecule has 0 amide bonds. The summed E-state index contributed by atoms with van der Waals surface area (Å²) in [5.41, 5.74) is 1.62. The topological polar surface area (TPSA) is 69.3 Å². The fourth-order valence-electron chi connectivity index (χ4n) is 5.53. The molecule has 0 spiro atoms. The Bertz CT molecular complexity index is 1760. The maximum absolute atomic E-state index is 12.2. The van der Waals surface area contributed by atoms with Crippen LogP contribution in [0.3, 0.4) is 0 Å². The van der Waals surface area contributed by atoms with Gasteiger partial charge in [0.05, 0.1) is 18.3 Å². The number of phenolic OH excluding ortho intramolecular Hbond substituents is 1. The van der Waals surface area contributed by atoms with Crippen molar-refractivity contribution in [2.75, 3.05) is 0 Å². The van der Waals surface area contributed by atoms with E-state index in [0.717, 1.165) is 27.2 Å². The van der Waals surface area contributed by atoms with Gasteiger partial charge in [0.2, 0.25) is 0 Å². The molecule has 1 aromatic heterocycles. The van der Waals surface area contributed by atoms with Crippen LogP contribution in [0.25, 0.3) is 10.8 Å². The standard InChI is InChI=1S/C35H28N2OSi.C2H3N.2BrH.Cr/c38-35-33(26-36-25-28-15-12-13-23-37-28)32-22-11-10-14-27(32)24-34(35)39(29-16-4-1-5-17-29,30-18-6-2-7-19-30)31-20-8-3-9-21-31;1-2-3;;;/h1-24,26,38H,25H2;1H3;2*1H;/q;;;;+2/p-2. The van der Waals surface area contributed by atoms with Crippen molar-refractivity contribution in [2.45, 2.75) is 13.5 Å². The average molecular weight is 774 g/mol. The summed E-state index contributed by atoms with van der Waals surface area (Å²) in [4.78, 5) is 9.13. The van der Waals surface area contributed by atoms with Crippen molar-refractivity contribution in [3.8, 4) is 11.8 Å². The number of benzene rings is 5. The summed E-state index contributed by atoms with van der Waals surface area (Å²) >= 11 is 6.75. The zero-order chi connectivity index (χ0) is 31.9. The van der Waals surface area contributed by atoms with Crippen molar-refractivity contribution in [1.82, 2.24) is 4.98 Å². The molecule has 1 heterocycles. The molecule has 0 aliphatic heterocycles. The summed E-state index contributed by atoms with van der Waals surface area (Å²) in [5, 5.41) is 26.2. The van der Waals surface area contributed by atoms with Crippen LogP contribution in [0.4, 0.5) is 0 Å². The van der Waals surface area contributed by atoms with E-state index in [2.05, 4.69) is 148 Å². The van der Waals surface area contributed by atoms with Crippen LogP contribution in [0.2, 0.25) is 0 Å². The predicted molar refractivity (Wildman–Crippen MR) is 194 cm³/mol. The van der Waals surface area contributed by atoms with Crippen LogP contribution in [0.5, 0.6) is 5.75 Å². The molecule has 0 aliphatic carbocycles. The van der Waals surface area contributed by atoms with Crippen molar-refractivity contribution < 1.29 is 16.7 Å². The van der Waals surface area contributed by atoms with Gasteiger partial charge >= 0.3 is 39.7 Å². The molecule has 224 valence electrons. The summed E-state index contributed by atoms with van der Waals surface area (Å²) in [6.45, 7) is 1.87. The predicted octanol–water partition coefficient (Wildman–Crippen LogP) is 7.16. The van der Waals surface area contributed by atoms with Gasteiger partial charge in [-0.15, -0.1) is 0 Å². The molecule has 0 atom stereocenters. The number of nitriles is 1. The Kier molecular flexibility index (Phi) is 13.3. The van der Waals surface area contributed by atoms with Crippen molar-refractivity contribution in [1.29, 1.82) is 5.26 Å². The molecule has 6 aromatic rings. The average Bonchev–Trinajstić information content (AvgIpc) is 3.09. The molecular weight excluding hydrogens is 742 g/mol. The van der Waals surface area contributed by atoms with Gasteiger partial charge in [-0.05, 0) is 43.7 Å². The zero-order valence-corrected chi connectivity index (χ0v) is 30.0. The third-order valence-electron chi connectivity index (χ3n) is 7.29. The molecular formula is C37H31Br2CrN3OSi. The van der Waals surface area contributed by atoms with Gasteiger partial charge < -0.3 is 5.11 Å². The number of nitrogens with zero attached hydrogens (tertiary/aromatic N) is 3. The Morgan fingerprint density at radius 1 is 0.778 bits per heavy atom. The zero-order valence-electron chi connectivity index (χ0n) is 24.6. The van der Waals surface area contributed by atoms with Gasteiger partial charge in [0, 0.05) is 24.9 Å². The fourth-order valence-corrected chi connectivity index (χ4v) is 10.4. The van der Waals surface area contributed by atoms with E-state index >= 15 is 0 Å². The monoisotopic (exact) mass is 771 g/mol. The fraction of sp³-hybridized carbons (Fsp3) is 0.0541. The van der Waals surface area contributed by atoms with Crippen molar-refractivity contribution >= 4 is 73.9 Å². The molecule has 0 saturated heterocycles. The molecule has 0 saturated carbocycles. The Balaban J connectivity index is 0.000000713. The van der Waals surface area contributed by atoms with E-state index in [9.17, 15) is 5.11 Å². The SMILES string of the molecule is CC#N.Oc1c([Si](c2ccccc2)(c2ccccc2)c2ccccc2)cc2ccccc2c1C=NCc1ccccn1.[Br][Cr][Br]. The molecule has 0 aliphatic rings. The Hall–Kier alpha value is -3.82. The number of aromatic nitrogens is 1. The van der Waals surface area contributed by atoms with E-state index in [4.69, 9.17) is 10.3 Å². The number of fused-ring (bicyclic) bond motifs is 1. The van der Waals surface area contributed by atoms with Gasteiger partial charge in [-0.3, -0.25) is 9.98 Å². The van der Waals surface area contributed by atoms with Crippen LogP contribution in [0.15, 0.2) is 151 Å². The molecule has 0 radical (unpaired) electrons. The molecule has 45 heavy (non-hydrogen) atoms. The Labute approximate surface area is 286 Å². The van der Waals surface area contributed by atoms with E-state index in [-0.39, 0.29) is 5.75 Å². The van der Waals surface area contributed by atoms with E-state index < -0.39 is 8.07 Å². The molecule has 1 N–H and O–H groups in total. The third-order valence-corrected chi connectivity index (χ3v) is 12.1.